The van der Waals surface area contributed by atoms with Gasteiger partial charge in [-0.1, -0.05) is 0 Å². The lowest BCUT2D eigenvalue weighted by Crippen LogP contribution is -2.40. The van der Waals surface area contributed by atoms with Gasteiger partial charge in [-0.2, -0.15) is 0 Å². The van der Waals surface area contributed by atoms with Gasteiger partial charge in [0, 0.05) is 12.0 Å². The molecule has 0 aromatic heterocycles. The van der Waals surface area contributed by atoms with E-state index in [2.05, 4.69) is 5.32 Å². The Bertz CT molecular complexity index is 500. The number of amides is 1. The fourth-order valence-corrected chi connectivity index (χ4v) is 1.56. The third-order valence-corrected chi connectivity index (χ3v) is 2.59. The largest absolute Gasteiger partial charge is 0.481 e. The molecular weight excluding hydrogens is 269 g/mol. The molecule has 3 N–H and O–H groups in total. The first kappa shape index (κ1) is 15.6. The summed E-state index contributed by atoms with van der Waals surface area (Å²) in [6.45, 7) is 0. The Kier molecular flexibility index (Phi) is 5.64. The van der Waals surface area contributed by atoms with Crippen LogP contribution in [0.4, 0.5) is 4.39 Å². The molecule has 0 bridgehead atoms. The molecule has 0 saturated heterocycles. The van der Waals surface area contributed by atoms with E-state index >= 15 is 0 Å². The van der Waals surface area contributed by atoms with Crippen molar-refractivity contribution in [2.75, 3.05) is 0 Å². The summed E-state index contributed by atoms with van der Waals surface area (Å²) in [5, 5.41) is 19.7. The van der Waals surface area contributed by atoms with Crippen molar-refractivity contribution in [2.24, 2.45) is 0 Å². The van der Waals surface area contributed by atoms with Crippen LogP contribution >= 0.6 is 0 Å². The minimum atomic E-state index is -1.24. The third-order valence-electron chi connectivity index (χ3n) is 2.59. The standard InChI is InChI=1S/C13H14FNO5/c14-9-6-4-8(5-7-9)12(18)15-10(13(19)20)2-1-3-11(16)17/h4-7,10H,1-3H2,(H,15,18)(H,16,17)(H,19,20). The fourth-order valence-electron chi connectivity index (χ4n) is 1.56. The van der Waals surface area contributed by atoms with Gasteiger partial charge in [0.15, 0.2) is 0 Å². The number of nitrogens with one attached hydrogen (secondary N) is 1. The first-order valence-electron chi connectivity index (χ1n) is 5.91. The molecule has 1 unspecified atom stereocenters. The molecule has 0 saturated carbocycles. The van der Waals surface area contributed by atoms with E-state index < -0.39 is 29.7 Å². The molecule has 6 nitrogen and oxygen atoms in total. The lowest BCUT2D eigenvalue weighted by molar-refractivity contribution is -0.140. The number of carboxylic acids is 2. The summed E-state index contributed by atoms with van der Waals surface area (Å²) in [6.07, 6.45) is -0.0270. The highest BCUT2D eigenvalue weighted by Crippen LogP contribution is 2.06. The van der Waals surface area contributed by atoms with Crippen molar-refractivity contribution in [3.8, 4) is 0 Å². The Morgan fingerprint density at radius 3 is 2.25 bits per heavy atom. The zero-order valence-electron chi connectivity index (χ0n) is 10.5. The maximum atomic E-state index is 12.7. The number of carboxylic acid groups (broad SMARTS) is 2. The molecule has 20 heavy (non-hydrogen) atoms. The number of benzene rings is 1. The average molecular weight is 283 g/mol. The summed E-state index contributed by atoms with van der Waals surface area (Å²) in [7, 11) is 0. The van der Waals surface area contributed by atoms with E-state index in [0.717, 1.165) is 12.1 Å². The smallest absolute Gasteiger partial charge is 0.326 e. The van der Waals surface area contributed by atoms with Gasteiger partial charge >= 0.3 is 11.9 Å². The lowest BCUT2D eigenvalue weighted by atomic mass is 10.1. The van der Waals surface area contributed by atoms with Crippen LogP contribution in [0.1, 0.15) is 29.6 Å². The van der Waals surface area contributed by atoms with E-state index in [1.54, 1.807) is 0 Å². The summed E-state index contributed by atoms with van der Waals surface area (Å²) < 4.78 is 12.7. The first-order chi connectivity index (χ1) is 9.40. The summed E-state index contributed by atoms with van der Waals surface area (Å²) in [5.41, 5.74) is 0.135. The maximum absolute atomic E-state index is 12.7. The Morgan fingerprint density at radius 1 is 1.15 bits per heavy atom. The van der Waals surface area contributed by atoms with Gasteiger partial charge in [-0.05, 0) is 37.1 Å². The number of carbonyl (C=O) groups is 3. The maximum Gasteiger partial charge on any atom is 0.326 e. The molecule has 1 atom stereocenters. The topological polar surface area (TPSA) is 104 Å². The number of rotatable bonds is 7. The second kappa shape index (κ2) is 7.22. The van der Waals surface area contributed by atoms with Gasteiger partial charge in [0.1, 0.15) is 11.9 Å². The highest BCUT2D eigenvalue weighted by molar-refractivity contribution is 5.96. The van der Waals surface area contributed by atoms with Crippen LogP contribution < -0.4 is 5.32 Å². The molecule has 0 heterocycles. The molecule has 7 heteroatoms. The van der Waals surface area contributed by atoms with E-state index in [9.17, 15) is 18.8 Å². The second-order valence-electron chi connectivity index (χ2n) is 4.16. The van der Waals surface area contributed by atoms with Crippen molar-refractivity contribution in [1.82, 2.24) is 5.32 Å². The summed E-state index contributed by atoms with van der Waals surface area (Å²) in [4.78, 5) is 33.1. The second-order valence-corrected chi connectivity index (χ2v) is 4.16. The summed E-state index contributed by atoms with van der Waals surface area (Å²) in [5.74, 6) is -3.42. The monoisotopic (exact) mass is 283 g/mol. The third kappa shape index (κ3) is 5.05. The normalized spacial score (nSPS) is 11.7. The number of aliphatic carboxylic acids is 2. The van der Waals surface area contributed by atoms with Crippen molar-refractivity contribution in [3.63, 3.8) is 0 Å². The van der Waals surface area contributed by atoms with Gasteiger partial charge in [0.2, 0.25) is 0 Å². The average Bonchev–Trinajstić information content (AvgIpc) is 2.37. The molecule has 108 valence electrons. The zero-order chi connectivity index (χ0) is 15.1. The van der Waals surface area contributed by atoms with Crippen LogP contribution in [0.15, 0.2) is 24.3 Å². The summed E-state index contributed by atoms with van der Waals surface area (Å²) >= 11 is 0. The van der Waals surface area contributed by atoms with Crippen molar-refractivity contribution >= 4 is 17.8 Å². The van der Waals surface area contributed by atoms with Crippen LogP contribution in [0.25, 0.3) is 0 Å². The van der Waals surface area contributed by atoms with Gasteiger partial charge in [0.25, 0.3) is 5.91 Å². The molecule has 0 aliphatic heterocycles. The first-order valence-corrected chi connectivity index (χ1v) is 5.91. The molecule has 0 aliphatic carbocycles. The van der Waals surface area contributed by atoms with E-state index in [4.69, 9.17) is 10.2 Å². The van der Waals surface area contributed by atoms with E-state index in [-0.39, 0.29) is 24.8 Å². The van der Waals surface area contributed by atoms with Crippen LogP contribution in [0.5, 0.6) is 0 Å². The van der Waals surface area contributed by atoms with Gasteiger partial charge < -0.3 is 15.5 Å². The van der Waals surface area contributed by atoms with Crippen LogP contribution in [-0.4, -0.2) is 34.1 Å². The molecular formula is C13H14FNO5. The van der Waals surface area contributed by atoms with Crippen molar-refractivity contribution < 1.29 is 29.0 Å². The van der Waals surface area contributed by atoms with Crippen LogP contribution in [0.3, 0.4) is 0 Å². The van der Waals surface area contributed by atoms with Gasteiger partial charge in [-0.15, -0.1) is 0 Å². The Balaban J connectivity index is 2.60. The molecule has 1 rings (SSSR count). The quantitative estimate of drug-likeness (QED) is 0.699. The Morgan fingerprint density at radius 2 is 1.75 bits per heavy atom. The van der Waals surface area contributed by atoms with Gasteiger partial charge in [-0.3, -0.25) is 9.59 Å². The predicted molar refractivity (Wildman–Crippen MR) is 66.8 cm³/mol. The van der Waals surface area contributed by atoms with Crippen LogP contribution in [-0.2, 0) is 9.59 Å². The molecule has 0 radical (unpaired) electrons. The minimum Gasteiger partial charge on any atom is -0.481 e. The Labute approximate surface area is 114 Å². The molecule has 1 aromatic carbocycles. The molecule has 0 aliphatic rings. The van der Waals surface area contributed by atoms with Crippen LogP contribution in [0.2, 0.25) is 0 Å². The summed E-state index contributed by atoms with van der Waals surface area (Å²) in [6, 6.07) is 3.48. The van der Waals surface area contributed by atoms with Gasteiger partial charge in [0.05, 0.1) is 0 Å². The molecule has 0 spiro atoms. The molecule has 1 aromatic rings. The SMILES string of the molecule is O=C(O)CCCC(NC(=O)c1ccc(F)cc1)C(=O)O. The number of halogens is 1. The predicted octanol–water partition coefficient (Wildman–Crippen LogP) is 1.26. The Hall–Kier alpha value is -2.44. The van der Waals surface area contributed by atoms with Crippen LogP contribution in [0, 0.1) is 5.82 Å². The number of hydrogen-bond donors (Lipinski definition) is 3. The number of carbonyl (C=O) groups excluding carboxylic acids is 1. The highest BCUT2D eigenvalue weighted by atomic mass is 19.1. The number of hydrogen-bond acceptors (Lipinski definition) is 3. The van der Waals surface area contributed by atoms with Crippen molar-refractivity contribution in [1.29, 1.82) is 0 Å². The zero-order valence-corrected chi connectivity index (χ0v) is 10.5. The molecule has 1 amide bonds. The van der Waals surface area contributed by atoms with Crippen molar-refractivity contribution in [3.05, 3.63) is 35.6 Å². The lowest BCUT2D eigenvalue weighted by Gasteiger charge is -2.14. The van der Waals surface area contributed by atoms with Gasteiger partial charge in [-0.25, -0.2) is 9.18 Å². The molecule has 0 fully saturated rings. The minimum absolute atomic E-state index is 0.00850. The van der Waals surface area contributed by atoms with E-state index in [0.29, 0.717) is 0 Å². The van der Waals surface area contributed by atoms with Crippen molar-refractivity contribution in [2.45, 2.75) is 25.3 Å². The fraction of sp³-hybridized carbons (Fsp3) is 0.308. The van der Waals surface area contributed by atoms with E-state index in [1.807, 2.05) is 0 Å². The highest BCUT2D eigenvalue weighted by Gasteiger charge is 2.20. The van der Waals surface area contributed by atoms with E-state index in [1.165, 1.54) is 12.1 Å².